The Kier molecular flexibility index (Phi) is 3.22. The first-order valence-electron chi connectivity index (χ1n) is 5.17. The Hall–Kier alpha value is -1.67. The lowest BCUT2D eigenvalue weighted by Gasteiger charge is -2.06. The fourth-order valence-corrected chi connectivity index (χ4v) is 1.70. The van der Waals surface area contributed by atoms with Crippen LogP contribution in [-0.2, 0) is 6.18 Å². The third-order valence-corrected chi connectivity index (χ3v) is 2.44. The van der Waals surface area contributed by atoms with Crippen LogP contribution in [0.4, 0.5) is 13.2 Å². The Morgan fingerprint density at radius 2 is 2.22 bits per heavy atom. The van der Waals surface area contributed by atoms with Gasteiger partial charge in [0.15, 0.2) is 0 Å². The van der Waals surface area contributed by atoms with Crippen molar-refractivity contribution in [3.63, 3.8) is 0 Å². The van der Waals surface area contributed by atoms with E-state index in [-0.39, 0.29) is 17.8 Å². The highest BCUT2D eigenvalue weighted by Gasteiger charge is 2.37. The second-order valence-corrected chi connectivity index (χ2v) is 3.72. The van der Waals surface area contributed by atoms with Crippen LogP contribution in [0.3, 0.4) is 0 Å². The fraction of sp³-hybridized carbons (Fsp3) is 0.400. The number of fused-ring (bicyclic) bond motifs is 1. The van der Waals surface area contributed by atoms with E-state index < -0.39 is 18.1 Å². The first-order valence-corrected chi connectivity index (χ1v) is 5.17. The van der Waals surface area contributed by atoms with E-state index in [1.165, 1.54) is 18.6 Å². The minimum atomic E-state index is -4.58. The standard InChI is InChI=1S/C10H11F3N4O/c1-14-5-7(18)8-6-4-15-2-3-17(6)9(16-8)10(11,12)13/h2-4,7,14,18H,5H2,1H3. The molecule has 2 aromatic heterocycles. The predicted octanol–water partition coefficient (Wildman–Crippen LogP) is 1.00. The van der Waals surface area contributed by atoms with Crippen molar-refractivity contribution in [2.75, 3.05) is 13.6 Å². The van der Waals surface area contributed by atoms with Crippen molar-refractivity contribution in [3.05, 3.63) is 30.1 Å². The maximum absolute atomic E-state index is 12.8. The van der Waals surface area contributed by atoms with Crippen LogP contribution in [0.5, 0.6) is 0 Å². The summed E-state index contributed by atoms with van der Waals surface area (Å²) in [6.07, 6.45) is -2.05. The third kappa shape index (κ3) is 2.16. The maximum Gasteiger partial charge on any atom is 0.450 e. The number of rotatable bonds is 3. The van der Waals surface area contributed by atoms with Crippen LogP contribution in [0.25, 0.3) is 5.52 Å². The smallest absolute Gasteiger partial charge is 0.385 e. The Morgan fingerprint density at radius 3 is 2.83 bits per heavy atom. The van der Waals surface area contributed by atoms with Crippen LogP contribution >= 0.6 is 0 Å². The molecule has 98 valence electrons. The Bertz CT molecular complexity index is 552. The van der Waals surface area contributed by atoms with Gasteiger partial charge in [-0.3, -0.25) is 9.38 Å². The molecule has 0 fully saturated rings. The average Bonchev–Trinajstić information content (AvgIpc) is 2.68. The minimum Gasteiger partial charge on any atom is -0.385 e. The third-order valence-electron chi connectivity index (χ3n) is 2.44. The van der Waals surface area contributed by atoms with Gasteiger partial charge in [-0.05, 0) is 7.05 Å². The van der Waals surface area contributed by atoms with E-state index in [0.717, 1.165) is 4.40 Å². The number of imidazole rings is 1. The Balaban J connectivity index is 2.61. The number of nitrogens with zero attached hydrogens (tertiary/aromatic N) is 3. The number of halogens is 3. The van der Waals surface area contributed by atoms with Crippen LogP contribution in [0, 0.1) is 0 Å². The highest BCUT2D eigenvalue weighted by molar-refractivity contribution is 5.52. The number of hydrogen-bond donors (Lipinski definition) is 2. The highest BCUT2D eigenvalue weighted by Crippen LogP contribution is 2.31. The fourth-order valence-electron chi connectivity index (χ4n) is 1.70. The molecule has 1 atom stereocenters. The normalized spacial score (nSPS) is 14.1. The molecule has 0 aliphatic heterocycles. The first kappa shape index (κ1) is 12.8. The number of alkyl halides is 3. The molecule has 0 bridgehead atoms. The number of hydrogen-bond acceptors (Lipinski definition) is 4. The maximum atomic E-state index is 12.8. The summed E-state index contributed by atoms with van der Waals surface area (Å²) in [5.41, 5.74) is 0.109. The van der Waals surface area contributed by atoms with E-state index in [4.69, 9.17) is 0 Å². The van der Waals surface area contributed by atoms with Gasteiger partial charge in [0, 0.05) is 18.9 Å². The monoisotopic (exact) mass is 260 g/mol. The molecular weight excluding hydrogens is 249 g/mol. The van der Waals surface area contributed by atoms with Crippen molar-refractivity contribution >= 4 is 5.52 Å². The van der Waals surface area contributed by atoms with Gasteiger partial charge in [0.05, 0.1) is 17.4 Å². The predicted molar refractivity (Wildman–Crippen MR) is 56.9 cm³/mol. The van der Waals surface area contributed by atoms with Gasteiger partial charge in [-0.25, -0.2) is 4.98 Å². The van der Waals surface area contributed by atoms with Crippen LogP contribution in [0.2, 0.25) is 0 Å². The zero-order chi connectivity index (χ0) is 13.3. The number of aliphatic hydroxyl groups excluding tert-OH is 1. The number of aromatic nitrogens is 3. The Labute approximate surface area is 100 Å². The lowest BCUT2D eigenvalue weighted by molar-refractivity contribution is -0.145. The number of aliphatic hydroxyl groups is 1. The lowest BCUT2D eigenvalue weighted by atomic mass is 10.2. The van der Waals surface area contributed by atoms with E-state index in [0.29, 0.717) is 0 Å². The van der Waals surface area contributed by atoms with E-state index in [1.54, 1.807) is 7.05 Å². The molecule has 18 heavy (non-hydrogen) atoms. The quantitative estimate of drug-likeness (QED) is 0.864. The summed E-state index contributed by atoms with van der Waals surface area (Å²) in [6.45, 7) is 0.110. The van der Waals surface area contributed by atoms with Gasteiger partial charge in [-0.1, -0.05) is 0 Å². The van der Waals surface area contributed by atoms with Crippen LogP contribution < -0.4 is 5.32 Å². The van der Waals surface area contributed by atoms with Gasteiger partial charge < -0.3 is 10.4 Å². The van der Waals surface area contributed by atoms with Crippen molar-refractivity contribution in [1.29, 1.82) is 0 Å². The first-order chi connectivity index (χ1) is 8.45. The molecule has 0 saturated heterocycles. The van der Waals surface area contributed by atoms with Gasteiger partial charge in [0.1, 0.15) is 6.10 Å². The second kappa shape index (κ2) is 4.54. The molecule has 0 aromatic carbocycles. The summed E-state index contributed by atoms with van der Waals surface area (Å²) < 4.78 is 39.2. The zero-order valence-corrected chi connectivity index (χ0v) is 9.44. The van der Waals surface area contributed by atoms with Gasteiger partial charge in [0.2, 0.25) is 5.82 Å². The SMILES string of the molecule is CNCC(O)c1nc(C(F)(F)F)n2ccncc12. The molecule has 2 aromatic rings. The molecule has 0 amide bonds. The van der Waals surface area contributed by atoms with E-state index in [1.807, 2.05) is 0 Å². The summed E-state index contributed by atoms with van der Waals surface area (Å²) >= 11 is 0. The molecule has 0 saturated carbocycles. The molecule has 2 N–H and O–H groups in total. The molecule has 0 spiro atoms. The highest BCUT2D eigenvalue weighted by atomic mass is 19.4. The largest absolute Gasteiger partial charge is 0.450 e. The second-order valence-electron chi connectivity index (χ2n) is 3.72. The molecule has 8 heteroatoms. The molecular formula is C10H11F3N4O. The number of nitrogens with one attached hydrogen (secondary N) is 1. The number of likely N-dealkylation sites (N-methyl/N-ethyl adjacent to an activating group) is 1. The molecule has 2 rings (SSSR count). The van der Waals surface area contributed by atoms with Gasteiger partial charge >= 0.3 is 6.18 Å². The lowest BCUT2D eigenvalue weighted by Crippen LogP contribution is -2.17. The molecule has 0 radical (unpaired) electrons. The summed E-state index contributed by atoms with van der Waals surface area (Å²) in [7, 11) is 1.59. The van der Waals surface area contributed by atoms with Crippen LogP contribution in [-0.4, -0.2) is 33.1 Å². The molecule has 2 heterocycles. The average molecular weight is 260 g/mol. The van der Waals surface area contributed by atoms with E-state index >= 15 is 0 Å². The zero-order valence-electron chi connectivity index (χ0n) is 9.44. The van der Waals surface area contributed by atoms with Crippen LogP contribution in [0.15, 0.2) is 18.6 Å². The molecule has 0 aliphatic rings. The van der Waals surface area contributed by atoms with E-state index in [2.05, 4.69) is 15.3 Å². The topological polar surface area (TPSA) is 62.5 Å². The minimum absolute atomic E-state index is 0.0372. The summed E-state index contributed by atoms with van der Waals surface area (Å²) in [5, 5.41) is 12.4. The van der Waals surface area contributed by atoms with E-state index in [9.17, 15) is 18.3 Å². The van der Waals surface area contributed by atoms with Crippen molar-refractivity contribution in [2.24, 2.45) is 0 Å². The van der Waals surface area contributed by atoms with Crippen LogP contribution in [0.1, 0.15) is 17.6 Å². The Morgan fingerprint density at radius 1 is 1.50 bits per heavy atom. The molecule has 0 aliphatic carbocycles. The summed E-state index contributed by atoms with van der Waals surface area (Å²) in [5.74, 6) is -1.06. The van der Waals surface area contributed by atoms with Gasteiger partial charge in [0.25, 0.3) is 0 Å². The van der Waals surface area contributed by atoms with Gasteiger partial charge in [-0.15, -0.1) is 0 Å². The summed E-state index contributed by atoms with van der Waals surface area (Å²) in [4.78, 5) is 7.24. The molecule has 5 nitrogen and oxygen atoms in total. The molecule has 1 unspecified atom stereocenters. The summed E-state index contributed by atoms with van der Waals surface area (Å²) in [6, 6.07) is 0. The van der Waals surface area contributed by atoms with Crippen molar-refractivity contribution < 1.29 is 18.3 Å². The van der Waals surface area contributed by atoms with Crippen molar-refractivity contribution in [1.82, 2.24) is 19.7 Å². The van der Waals surface area contributed by atoms with Crippen molar-refractivity contribution in [3.8, 4) is 0 Å². The van der Waals surface area contributed by atoms with Crippen molar-refractivity contribution in [2.45, 2.75) is 12.3 Å². The van der Waals surface area contributed by atoms with Gasteiger partial charge in [-0.2, -0.15) is 13.2 Å².